The summed E-state index contributed by atoms with van der Waals surface area (Å²) >= 11 is 1.66. The summed E-state index contributed by atoms with van der Waals surface area (Å²) in [4.78, 5) is 31.5. The van der Waals surface area contributed by atoms with E-state index >= 15 is 0 Å². The van der Waals surface area contributed by atoms with E-state index in [4.69, 9.17) is 0 Å². The van der Waals surface area contributed by atoms with Gasteiger partial charge in [-0.2, -0.15) is 0 Å². The van der Waals surface area contributed by atoms with Gasteiger partial charge in [-0.05, 0) is 45.8 Å². The van der Waals surface area contributed by atoms with Crippen LogP contribution < -0.4 is 0 Å². The number of hydrogen-bond acceptors (Lipinski definition) is 6. The minimum absolute atomic E-state index is 0.0362. The second kappa shape index (κ2) is 7.63. The molecule has 4 rings (SSSR count). The molecule has 0 aromatic heterocycles. The molecule has 4 aliphatic heterocycles. The zero-order valence-corrected chi connectivity index (χ0v) is 17.7. The van der Waals surface area contributed by atoms with Crippen molar-refractivity contribution in [2.75, 3.05) is 39.8 Å². The van der Waals surface area contributed by atoms with Crippen molar-refractivity contribution in [1.29, 1.82) is 0 Å². The Morgan fingerprint density at radius 3 is 2.64 bits per heavy atom. The van der Waals surface area contributed by atoms with Crippen molar-refractivity contribution in [3.63, 3.8) is 0 Å². The highest BCUT2D eigenvalue weighted by Crippen LogP contribution is 2.51. The second-order valence-corrected chi connectivity index (χ2v) is 10.3. The number of carboxylic acids is 1. The Bertz CT molecular complexity index is 697. The zero-order chi connectivity index (χ0) is 20.2. The van der Waals surface area contributed by atoms with Crippen LogP contribution in [0.1, 0.15) is 26.7 Å². The van der Waals surface area contributed by atoms with Gasteiger partial charge in [-0.1, -0.05) is 6.92 Å². The number of hydrogen-bond donors (Lipinski definition) is 2. The maximum atomic E-state index is 12.4. The van der Waals surface area contributed by atoms with E-state index in [1.54, 1.807) is 18.7 Å². The van der Waals surface area contributed by atoms with Crippen LogP contribution in [0.3, 0.4) is 0 Å². The predicted molar refractivity (Wildman–Crippen MR) is 108 cm³/mol. The zero-order valence-electron chi connectivity index (χ0n) is 16.9. The highest BCUT2D eigenvalue weighted by atomic mass is 32.2. The standard InChI is InChI=1S/C20H31N3O4S/c1-11-16-15(12(2)24)19(25)23(16)17(20(26)27)18(11)28-14-5-7-22(10-14)9-13-4-6-21(3)8-13/h11-16,24H,4-10H2,1-3H3,(H,26,27)/t11-,12-,13+,14-,15-,16-/m1/s1. The summed E-state index contributed by atoms with van der Waals surface area (Å²) in [5, 5.41) is 20.1. The largest absolute Gasteiger partial charge is 0.477 e. The number of carbonyl (C=O) groups is 2. The molecule has 6 atom stereocenters. The van der Waals surface area contributed by atoms with Crippen molar-refractivity contribution in [3.05, 3.63) is 10.6 Å². The van der Waals surface area contributed by atoms with E-state index in [1.165, 1.54) is 24.4 Å². The van der Waals surface area contributed by atoms with E-state index in [0.29, 0.717) is 5.25 Å². The fourth-order valence-corrected chi connectivity index (χ4v) is 6.98. The molecule has 4 aliphatic rings. The van der Waals surface area contributed by atoms with E-state index in [2.05, 4.69) is 16.8 Å². The summed E-state index contributed by atoms with van der Waals surface area (Å²) < 4.78 is 0. The van der Waals surface area contributed by atoms with Gasteiger partial charge in [0, 0.05) is 35.7 Å². The number of aliphatic hydroxyl groups is 1. The third kappa shape index (κ3) is 3.38. The molecule has 0 unspecified atom stereocenters. The molecule has 156 valence electrons. The first-order valence-corrected chi connectivity index (χ1v) is 11.2. The number of β-lactam (4-membered cyclic amide) rings is 1. The number of amides is 1. The molecule has 0 radical (unpaired) electrons. The van der Waals surface area contributed by atoms with Gasteiger partial charge in [-0.3, -0.25) is 4.79 Å². The van der Waals surface area contributed by atoms with Crippen LogP contribution in [-0.2, 0) is 9.59 Å². The average molecular weight is 410 g/mol. The quantitative estimate of drug-likeness (QED) is 0.631. The van der Waals surface area contributed by atoms with Crippen molar-refractivity contribution in [3.8, 4) is 0 Å². The van der Waals surface area contributed by atoms with Gasteiger partial charge in [0.25, 0.3) is 0 Å². The van der Waals surface area contributed by atoms with Crippen molar-refractivity contribution >= 4 is 23.6 Å². The summed E-state index contributed by atoms with van der Waals surface area (Å²) in [6, 6.07) is -0.215. The van der Waals surface area contributed by atoms with Gasteiger partial charge in [-0.15, -0.1) is 11.8 Å². The first-order valence-electron chi connectivity index (χ1n) is 10.3. The number of nitrogens with zero attached hydrogens (tertiary/aromatic N) is 3. The maximum Gasteiger partial charge on any atom is 0.353 e. The third-order valence-corrected chi connectivity index (χ3v) is 8.38. The molecule has 0 spiro atoms. The summed E-state index contributed by atoms with van der Waals surface area (Å²) in [7, 11) is 2.18. The van der Waals surface area contributed by atoms with Crippen molar-refractivity contribution in [2.45, 2.75) is 44.1 Å². The second-order valence-electron chi connectivity index (χ2n) is 8.98. The number of carbonyl (C=O) groups excluding carboxylic acids is 1. The maximum absolute atomic E-state index is 12.4. The Hall–Kier alpha value is -1.09. The predicted octanol–water partition coefficient (Wildman–Crippen LogP) is 0.899. The summed E-state index contributed by atoms with van der Waals surface area (Å²) in [5.41, 5.74) is 0.153. The van der Waals surface area contributed by atoms with Crippen molar-refractivity contribution in [2.24, 2.45) is 17.8 Å². The normalized spacial score (nSPS) is 37.5. The molecule has 2 N–H and O–H groups in total. The number of thioether (sulfide) groups is 1. The molecule has 28 heavy (non-hydrogen) atoms. The first kappa shape index (κ1) is 20.2. The third-order valence-electron chi connectivity index (χ3n) is 6.84. The fourth-order valence-electron chi connectivity index (χ4n) is 5.46. The van der Waals surface area contributed by atoms with E-state index < -0.39 is 18.0 Å². The molecule has 4 heterocycles. The minimum Gasteiger partial charge on any atom is -0.477 e. The summed E-state index contributed by atoms with van der Waals surface area (Å²) in [5.74, 6) is -1.07. The lowest BCUT2D eigenvalue weighted by Crippen LogP contribution is -2.63. The van der Waals surface area contributed by atoms with Crippen LogP contribution in [0.2, 0.25) is 0 Å². The molecule has 0 bridgehead atoms. The van der Waals surface area contributed by atoms with Gasteiger partial charge in [-0.25, -0.2) is 4.79 Å². The topological polar surface area (TPSA) is 84.3 Å². The van der Waals surface area contributed by atoms with Crippen LogP contribution in [0.25, 0.3) is 0 Å². The lowest BCUT2D eigenvalue weighted by Gasteiger charge is -2.46. The Kier molecular flexibility index (Phi) is 5.50. The Balaban J connectivity index is 1.42. The lowest BCUT2D eigenvalue weighted by atomic mass is 9.79. The lowest BCUT2D eigenvalue weighted by molar-refractivity contribution is -0.163. The minimum atomic E-state index is -1.03. The van der Waals surface area contributed by atoms with E-state index in [9.17, 15) is 19.8 Å². The van der Waals surface area contributed by atoms with Crippen LogP contribution in [0.4, 0.5) is 0 Å². The van der Waals surface area contributed by atoms with Crippen molar-refractivity contribution < 1.29 is 19.8 Å². The van der Waals surface area contributed by atoms with Gasteiger partial charge < -0.3 is 24.9 Å². The number of likely N-dealkylation sites (tertiary alicyclic amines) is 2. The molecule has 1 amide bonds. The highest BCUT2D eigenvalue weighted by molar-refractivity contribution is 8.03. The van der Waals surface area contributed by atoms with Crippen molar-refractivity contribution in [1.82, 2.24) is 14.7 Å². The van der Waals surface area contributed by atoms with Crippen LogP contribution in [0.5, 0.6) is 0 Å². The first-order chi connectivity index (χ1) is 13.3. The summed E-state index contributed by atoms with van der Waals surface area (Å²) in [6.45, 7) is 9.13. The van der Waals surface area contributed by atoms with Crippen LogP contribution in [0, 0.1) is 17.8 Å². The Morgan fingerprint density at radius 1 is 1.29 bits per heavy atom. The monoisotopic (exact) mass is 409 g/mol. The van der Waals surface area contributed by atoms with Gasteiger partial charge in [0.15, 0.2) is 0 Å². The number of aliphatic carboxylic acids is 1. The van der Waals surface area contributed by atoms with Gasteiger partial charge in [0.2, 0.25) is 5.91 Å². The van der Waals surface area contributed by atoms with Gasteiger partial charge in [0.05, 0.1) is 18.1 Å². The molecule has 3 saturated heterocycles. The van der Waals surface area contributed by atoms with Crippen LogP contribution >= 0.6 is 11.8 Å². The molecule has 0 saturated carbocycles. The van der Waals surface area contributed by atoms with Crippen LogP contribution in [0.15, 0.2) is 10.6 Å². The fraction of sp³-hybridized carbons (Fsp3) is 0.800. The molecule has 0 aromatic rings. The molecular weight excluding hydrogens is 378 g/mol. The number of fused-ring (bicyclic) bond motifs is 1. The molecule has 8 heteroatoms. The number of carboxylic acid groups (broad SMARTS) is 1. The molecule has 0 aromatic carbocycles. The smallest absolute Gasteiger partial charge is 0.353 e. The average Bonchev–Trinajstić information content (AvgIpc) is 3.28. The molecule has 3 fully saturated rings. The molecular formula is C20H31N3O4S. The Morgan fingerprint density at radius 2 is 2.04 bits per heavy atom. The van der Waals surface area contributed by atoms with Crippen LogP contribution in [-0.4, -0.2) is 94.0 Å². The number of aliphatic hydroxyl groups excluding tert-OH is 1. The Labute approximate surface area is 170 Å². The van der Waals surface area contributed by atoms with E-state index in [0.717, 1.165) is 36.9 Å². The van der Waals surface area contributed by atoms with E-state index in [1.807, 2.05) is 6.92 Å². The van der Waals surface area contributed by atoms with Gasteiger partial charge >= 0.3 is 5.97 Å². The summed E-state index contributed by atoms with van der Waals surface area (Å²) in [6.07, 6.45) is 1.56. The highest BCUT2D eigenvalue weighted by Gasteiger charge is 2.60. The van der Waals surface area contributed by atoms with Gasteiger partial charge in [0.1, 0.15) is 5.70 Å². The number of rotatable bonds is 6. The molecule has 0 aliphatic carbocycles. The SMILES string of the molecule is C[C@@H](O)[C@H]1C(=O)N2C(C(=O)O)=C(S[C@@H]3CCN(C[C@H]4CCN(C)C4)C3)[C@H](C)[C@H]12. The molecule has 7 nitrogen and oxygen atoms in total. The van der Waals surface area contributed by atoms with E-state index in [-0.39, 0.29) is 23.6 Å².